The topological polar surface area (TPSA) is 69.6 Å². The lowest BCUT2D eigenvalue weighted by Crippen LogP contribution is -2.45. The zero-order valence-electron chi connectivity index (χ0n) is 55.3. The van der Waals surface area contributed by atoms with E-state index in [1.165, 1.54) is 360 Å². The zero-order valence-corrected chi connectivity index (χ0v) is 55.3. The van der Waals surface area contributed by atoms with Gasteiger partial charge in [0, 0.05) is 6.42 Å². The van der Waals surface area contributed by atoms with Gasteiger partial charge >= 0.3 is 0 Å². The lowest BCUT2D eigenvalue weighted by molar-refractivity contribution is -0.123. The highest BCUT2D eigenvalue weighted by Crippen LogP contribution is 2.19. The van der Waals surface area contributed by atoms with Crippen LogP contribution in [0.4, 0.5) is 0 Å². The van der Waals surface area contributed by atoms with Gasteiger partial charge in [0.1, 0.15) is 0 Å². The number of aliphatic hydroxyl groups excluding tert-OH is 2. The van der Waals surface area contributed by atoms with Gasteiger partial charge in [0.15, 0.2) is 0 Å². The van der Waals surface area contributed by atoms with E-state index in [9.17, 15) is 15.0 Å². The number of rotatable bonds is 70. The molecule has 0 aromatic rings. The number of amides is 1. The largest absolute Gasteiger partial charge is 0.394 e. The molecule has 1 amide bonds. The lowest BCUT2D eigenvalue weighted by Gasteiger charge is -2.20. The Morgan fingerprint density at radius 2 is 0.506 bits per heavy atom. The molecule has 2 atom stereocenters. The predicted octanol–water partition coefficient (Wildman–Crippen LogP) is 25.7. The normalized spacial score (nSPS) is 12.9. The number of aliphatic hydroxyl groups is 2. The molecule has 4 heteroatoms. The maximum absolute atomic E-state index is 12.6. The number of allylic oxidation sites excluding steroid dienone is 7. The van der Waals surface area contributed by atoms with E-state index in [0.717, 1.165) is 38.5 Å². The number of carbonyl (C=O) groups is 1. The molecular weight excluding hydrogens is 987 g/mol. The van der Waals surface area contributed by atoms with E-state index in [1.54, 1.807) is 6.08 Å². The van der Waals surface area contributed by atoms with Crippen LogP contribution in [0.1, 0.15) is 418 Å². The standard InChI is InChI=1S/C77H147NO3/c1-3-5-7-9-11-13-15-17-19-21-23-25-27-29-31-33-35-37-38-39-40-41-43-45-47-49-51-53-55-57-59-61-63-65-67-69-71-73-77(81)78-75(74-79)76(80)72-70-68-66-64-62-60-58-56-54-52-50-48-46-44-42-36-34-32-30-28-26-24-22-20-18-16-14-12-10-8-6-4-2/h15,17,21,23,27,29,70,72,75-76,79-80H,3-14,16,18-20,22,24-26,28,30-69,71,73-74H2,1-2H3,(H,78,81)/b17-15-,23-21-,29-27-,72-70+. The van der Waals surface area contributed by atoms with Gasteiger partial charge in [-0.3, -0.25) is 4.79 Å². The minimum absolute atomic E-state index is 0.0555. The molecule has 0 spiro atoms. The summed E-state index contributed by atoms with van der Waals surface area (Å²) in [5.41, 5.74) is 0. The van der Waals surface area contributed by atoms with Gasteiger partial charge in [0.2, 0.25) is 5.91 Å². The van der Waals surface area contributed by atoms with Crippen LogP contribution < -0.4 is 5.32 Å². The van der Waals surface area contributed by atoms with Gasteiger partial charge in [0.05, 0.1) is 18.8 Å². The maximum atomic E-state index is 12.6. The molecule has 2 unspecified atom stereocenters. The van der Waals surface area contributed by atoms with Crippen molar-refractivity contribution >= 4 is 5.91 Å². The second-order valence-corrected chi connectivity index (χ2v) is 25.7. The summed E-state index contributed by atoms with van der Waals surface area (Å²) in [6.07, 6.45) is 102. The molecule has 0 heterocycles. The van der Waals surface area contributed by atoms with Crippen LogP contribution in [0.5, 0.6) is 0 Å². The van der Waals surface area contributed by atoms with Crippen molar-refractivity contribution in [3.05, 3.63) is 48.6 Å². The minimum Gasteiger partial charge on any atom is -0.394 e. The van der Waals surface area contributed by atoms with Gasteiger partial charge in [-0.25, -0.2) is 0 Å². The molecule has 0 fully saturated rings. The van der Waals surface area contributed by atoms with Crippen molar-refractivity contribution in [3.63, 3.8) is 0 Å². The number of unbranched alkanes of at least 4 members (excludes halogenated alkanes) is 57. The molecule has 4 nitrogen and oxygen atoms in total. The van der Waals surface area contributed by atoms with E-state index in [1.807, 2.05) is 6.08 Å². The molecule has 0 aromatic carbocycles. The van der Waals surface area contributed by atoms with Crippen molar-refractivity contribution in [3.8, 4) is 0 Å². The molecular formula is C77H147NO3. The molecule has 3 N–H and O–H groups in total. The van der Waals surface area contributed by atoms with Crippen molar-refractivity contribution in [2.24, 2.45) is 0 Å². The fourth-order valence-electron chi connectivity index (χ4n) is 11.9. The number of carbonyl (C=O) groups excluding carboxylic acids is 1. The van der Waals surface area contributed by atoms with Gasteiger partial charge in [0.25, 0.3) is 0 Å². The third kappa shape index (κ3) is 69.0. The molecule has 0 radical (unpaired) electrons. The number of nitrogens with one attached hydrogen (secondary N) is 1. The third-order valence-electron chi connectivity index (χ3n) is 17.6. The Labute approximate surface area is 509 Å². The molecule has 0 aliphatic carbocycles. The number of hydrogen-bond donors (Lipinski definition) is 3. The summed E-state index contributed by atoms with van der Waals surface area (Å²) in [6.45, 7) is 4.34. The van der Waals surface area contributed by atoms with E-state index < -0.39 is 12.1 Å². The molecule has 478 valence electrons. The first-order chi connectivity index (χ1) is 40.2. The molecule has 0 rings (SSSR count). The highest BCUT2D eigenvalue weighted by Gasteiger charge is 2.18. The SMILES string of the molecule is CCCCCCC/C=C\C/C=C\C/C=C\CCCCCCCCCCCCCCCCCCCCCCCCC(=O)NC(CO)C(O)/C=C/CCCCCCCCCCCCCCCCCCCCCCCCCCCCCCCC. The summed E-state index contributed by atoms with van der Waals surface area (Å²) in [4.78, 5) is 12.6. The van der Waals surface area contributed by atoms with Crippen LogP contribution in [0.2, 0.25) is 0 Å². The Kier molecular flexibility index (Phi) is 71.1. The first kappa shape index (κ1) is 79.3. The molecule has 0 aromatic heterocycles. The second kappa shape index (κ2) is 72.6. The van der Waals surface area contributed by atoms with Gasteiger partial charge in [-0.1, -0.05) is 403 Å². The summed E-state index contributed by atoms with van der Waals surface area (Å²) in [7, 11) is 0. The van der Waals surface area contributed by atoms with Crippen molar-refractivity contribution in [2.45, 2.75) is 431 Å². The van der Waals surface area contributed by atoms with Crippen LogP contribution in [0.15, 0.2) is 48.6 Å². The second-order valence-electron chi connectivity index (χ2n) is 25.7. The van der Waals surface area contributed by atoms with Gasteiger partial charge in [-0.05, 0) is 57.8 Å². The van der Waals surface area contributed by atoms with Crippen LogP contribution in [-0.4, -0.2) is 34.9 Å². The average Bonchev–Trinajstić information content (AvgIpc) is 3.47. The van der Waals surface area contributed by atoms with E-state index in [4.69, 9.17) is 0 Å². The summed E-state index contributed by atoms with van der Waals surface area (Å²) in [6, 6.07) is -0.623. The highest BCUT2D eigenvalue weighted by molar-refractivity contribution is 5.76. The van der Waals surface area contributed by atoms with Gasteiger partial charge in [-0.2, -0.15) is 0 Å². The number of hydrogen-bond acceptors (Lipinski definition) is 3. The fraction of sp³-hybridized carbons (Fsp3) is 0.883. The molecule has 0 aliphatic rings. The van der Waals surface area contributed by atoms with Crippen LogP contribution in [0.25, 0.3) is 0 Å². The summed E-state index contributed by atoms with van der Waals surface area (Å²) < 4.78 is 0. The maximum Gasteiger partial charge on any atom is 0.220 e. The van der Waals surface area contributed by atoms with Crippen molar-refractivity contribution in [2.75, 3.05) is 6.61 Å². The Balaban J connectivity index is 3.41. The van der Waals surface area contributed by atoms with Gasteiger partial charge in [-0.15, -0.1) is 0 Å². The predicted molar refractivity (Wildman–Crippen MR) is 364 cm³/mol. The van der Waals surface area contributed by atoms with Crippen LogP contribution in [0, 0.1) is 0 Å². The summed E-state index contributed by atoms with van der Waals surface area (Å²) in [5.74, 6) is -0.0555. The van der Waals surface area contributed by atoms with Crippen molar-refractivity contribution < 1.29 is 15.0 Å². The average molecular weight is 1140 g/mol. The van der Waals surface area contributed by atoms with E-state index in [-0.39, 0.29) is 12.5 Å². The summed E-state index contributed by atoms with van der Waals surface area (Å²) in [5, 5.41) is 23.3. The lowest BCUT2D eigenvalue weighted by atomic mass is 10.0. The van der Waals surface area contributed by atoms with Crippen molar-refractivity contribution in [1.29, 1.82) is 0 Å². The van der Waals surface area contributed by atoms with Crippen LogP contribution in [-0.2, 0) is 4.79 Å². The Bertz CT molecular complexity index is 1290. The quantitative estimate of drug-likeness (QED) is 0.0420. The highest BCUT2D eigenvalue weighted by atomic mass is 16.3. The Morgan fingerprint density at radius 3 is 0.753 bits per heavy atom. The molecule has 0 bridgehead atoms. The molecule has 81 heavy (non-hydrogen) atoms. The Hall–Kier alpha value is -1.65. The monoisotopic (exact) mass is 1130 g/mol. The third-order valence-corrected chi connectivity index (χ3v) is 17.6. The molecule has 0 saturated heterocycles. The first-order valence-electron chi connectivity index (χ1n) is 37.4. The molecule has 0 aliphatic heterocycles. The molecule has 0 saturated carbocycles. The van der Waals surface area contributed by atoms with Crippen LogP contribution in [0.3, 0.4) is 0 Å². The van der Waals surface area contributed by atoms with E-state index in [2.05, 4.69) is 55.6 Å². The van der Waals surface area contributed by atoms with Gasteiger partial charge < -0.3 is 15.5 Å². The Morgan fingerprint density at radius 1 is 0.296 bits per heavy atom. The first-order valence-corrected chi connectivity index (χ1v) is 37.4. The van der Waals surface area contributed by atoms with E-state index >= 15 is 0 Å². The fourth-order valence-corrected chi connectivity index (χ4v) is 11.9. The minimum atomic E-state index is -0.841. The van der Waals surface area contributed by atoms with E-state index in [0.29, 0.717) is 6.42 Å². The summed E-state index contributed by atoms with van der Waals surface area (Å²) >= 11 is 0. The van der Waals surface area contributed by atoms with Crippen molar-refractivity contribution in [1.82, 2.24) is 5.32 Å². The van der Waals surface area contributed by atoms with Crippen LogP contribution >= 0.6 is 0 Å². The zero-order chi connectivity index (χ0) is 58.4. The smallest absolute Gasteiger partial charge is 0.220 e.